The maximum absolute atomic E-state index is 5.86. The van der Waals surface area contributed by atoms with E-state index in [2.05, 4.69) is 10.2 Å². The van der Waals surface area contributed by atoms with Gasteiger partial charge < -0.3 is 9.15 Å². The summed E-state index contributed by atoms with van der Waals surface area (Å²) in [6.45, 7) is 1.79. The Balaban J connectivity index is 2.19. The van der Waals surface area contributed by atoms with Crippen molar-refractivity contribution in [3.8, 4) is 5.75 Å². The van der Waals surface area contributed by atoms with Crippen molar-refractivity contribution in [3.05, 3.63) is 41.6 Å². The molecule has 0 aliphatic rings. The Morgan fingerprint density at radius 1 is 1.35 bits per heavy atom. The second-order valence-electron chi connectivity index (χ2n) is 3.64. The lowest BCUT2D eigenvalue weighted by Gasteiger charge is -2.05. The van der Waals surface area contributed by atoms with E-state index in [1.165, 1.54) is 0 Å². The molecule has 1 aromatic heterocycles. The maximum atomic E-state index is 5.86. The molecule has 1 aromatic carbocycles. The van der Waals surface area contributed by atoms with Gasteiger partial charge in [0.2, 0.25) is 11.8 Å². The molecule has 5 heteroatoms. The highest BCUT2D eigenvalue weighted by Gasteiger charge is 2.12. The fourth-order valence-electron chi connectivity index (χ4n) is 1.51. The Morgan fingerprint density at radius 3 is 2.76 bits per heavy atom. The van der Waals surface area contributed by atoms with Gasteiger partial charge in [0.1, 0.15) is 11.1 Å². The Labute approximate surface area is 105 Å². The van der Waals surface area contributed by atoms with Gasteiger partial charge in [-0.2, -0.15) is 0 Å². The summed E-state index contributed by atoms with van der Waals surface area (Å²) in [6, 6.07) is 7.73. The van der Waals surface area contributed by atoms with Crippen LogP contribution in [0.25, 0.3) is 0 Å². The van der Waals surface area contributed by atoms with Gasteiger partial charge in [-0.05, 0) is 13.0 Å². The Bertz CT molecular complexity index is 497. The number of aromatic nitrogens is 2. The number of para-hydroxylation sites is 1. The SMILES string of the molecule is COc1ccccc1Cc1nnc(C(C)Cl)o1. The molecule has 0 radical (unpaired) electrons. The van der Waals surface area contributed by atoms with E-state index >= 15 is 0 Å². The van der Waals surface area contributed by atoms with E-state index in [1.54, 1.807) is 14.0 Å². The topological polar surface area (TPSA) is 48.2 Å². The van der Waals surface area contributed by atoms with Crippen LogP contribution in [-0.4, -0.2) is 17.3 Å². The smallest absolute Gasteiger partial charge is 0.234 e. The van der Waals surface area contributed by atoms with Crippen molar-refractivity contribution in [1.29, 1.82) is 0 Å². The van der Waals surface area contributed by atoms with Gasteiger partial charge in [0.05, 0.1) is 13.5 Å². The molecule has 4 nitrogen and oxygen atoms in total. The minimum atomic E-state index is -0.270. The van der Waals surface area contributed by atoms with E-state index < -0.39 is 0 Å². The molecule has 0 fully saturated rings. The van der Waals surface area contributed by atoms with Gasteiger partial charge in [-0.1, -0.05) is 18.2 Å². The summed E-state index contributed by atoms with van der Waals surface area (Å²) in [5.41, 5.74) is 1.01. The van der Waals surface area contributed by atoms with Crippen LogP contribution in [0.5, 0.6) is 5.75 Å². The molecular weight excluding hydrogens is 240 g/mol. The largest absolute Gasteiger partial charge is 0.496 e. The van der Waals surface area contributed by atoms with Crippen LogP contribution >= 0.6 is 11.6 Å². The summed E-state index contributed by atoms with van der Waals surface area (Å²) in [7, 11) is 1.64. The normalized spacial score (nSPS) is 12.4. The standard InChI is InChI=1S/C12H13ClN2O2/c1-8(13)12-15-14-11(17-12)7-9-5-3-4-6-10(9)16-2/h3-6,8H,7H2,1-2H3. The number of ether oxygens (including phenoxy) is 1. The molecule has 0 aliphatic carbocycles. The van der Waals surface area contributed by atoms with E-state index in [4.69, 9.17) is 20.8 Å². The van der Waals surface area contributed by atoms with Gasteiger partial charge in [-0.15, -0.1) is 21.8 Å². The van der Waals surface area contributed by atoms with Crippen molar-refractivity contribution in [3.63, 3.8) is 0 Å². The maximum Gasteiger partial charge on any atom is 0.234 e. The zero-order valence-electron chi connectivity index (χ0n) is 9.68. The van der Waals surface area contributed by atoms with Crippen LogP contribution in [0.2, 0.25) is 0 Å². The van der Waals surface area contributed by atoms with E-state index in [9.17, 15) is 0 Å². The molecule has 0 saturated heterocycles. The lowest BCUT2D eigenvalue weighted by atomic mass is 10.1. The third-order valence-corrected chi connectivity index (χ3v) is 2.54. The average molecular weight is 253 g/mol. The highest BCUT2D eigenvalue weighted by Crippen LogP contribution is 2.22. The lowest BCUT2D eigenvalue weighted by molar-refractivity contribution is 0.406. The minimum absolute atomic E-state index is 0.270. The third-order valence-electron chi connectivity index (χ3n) is 2.36. The molecule has 0 N–H and O–H groups in total. The van der Waals surface area contributed by atoms with E-state index in [1.807, 2.05) is 24.3 Å². The van der Waals surface area contributed by atoms with Gasteiger partial charge in [0, 0.05) is 5.56 Å². The number of nitrogens with zero attached hydrogens (tertiary/aromatic N) is 2. The van der Waals surface area contributed by atoms with Crippen molar-refractivity contribution >= 4 is 11.6 Å². The molecule has 0 bridgehead atoms. The average Bonchev–Trinajstić information content (AvgIpc) is 2.78. The predicted octanol–water partition coefficient (Wildman–Crippen LogP) is 2.97. The van der Waals surface area contributed by atoms with Gasteiger partial charge in [-0.25, -0.2) is 0 Å². The summed E-state index contributed by atoms with van der Waals surface area (Å²) >= 11 is 5.86. The van der Waals surface area contributed by atoms with E-state index in [0.717, 1.165) is 11.3 Å². The van der Waals surface area contributed by atoms with Crippen molar-refractivity contribution in [2.24, 2.45) is 0 Å². The van der Waals surface area contributed by atoms with Crippen LogP contribution in [0.3, 0.4) is 0 Å². The summed E-state index contributed by atoms with van der Waals surface area (Å²) < 4.78 is 10.7. The number of hydrogen-bond acceptors (Lipinski definition) is 4. The second kappa shape index (κ2) is 5.19. The third kappa shape index (κ3) is 2.77. The molecule has 2 aromatic rings. The summed E-state index contributed by atoms with van der Waals surface area (Å²) in [6.07, 6.45) is 0.542. The number of benzene rings is 1. The van der Waals surface area contributed by atoms with E-state index in [-0.39, 0.29) is 5.38 Å². The molecule has 17 heavy (non-hydrogen) atoms. The Kier molecular flexibility index (Phi) is 3.64. The molecule has 1 heterocycles. The number of hydrogen-bond donors (Lipinski definition) is 0. The first-order valence-electron chi connectivity index (χ1n) is 5.29. The summed E-state index contributed by atoms with van der Waals surface area (Å²) in [5.74, 6) is 1.79. The van der Waals surface area contributed by atoms with Gasteiger partial charge in [0.15, 0.2) is 0 Å². The lowest BCUT2D eigenvalue weighted by Crippen LogP contribution is -1.93. The van der Waals surface area contributed by atoms with Crippen LogP contribution in [0.1, 0.15) is 29.6 Å². The zero-order valence-corrected chi connectivity index (χ0v) is 10.4. The van der Waals surface area contributed by atoms with Crippen LogP contribution in [0.15, 0.2) is 28.7 Å². The van der Waals surface area contributed by atoms with Crippen molar-refractivity contribution in [2.75, 3.05) is 7.11 Å². The molecule has 1 atom stereocenters. The monoisotopic (exact) mass is 252 g/mol. The Hall–Kier alpha value is -1.55. The number of halogens is 1. The zero-order chi connectivity index (χ0) is 12.3. The summed E-state index contributed by atoms with van der Waals surface area (Å²) in [4.78, 5) is 0. The second-order valence-corrected chi connectivity index (χ2v) is 4.29. The molecule has 2 rings (SSSR count). The van der Waals surface area contributed by atoms with E-state index in [0.29, 0.717) is 18.2 Å². The quantitative estimate of drug-likeness (QED) is 0.785. The molecule has 0 aliphatic heterocycles. The van der Waals surface area contributed by atoms with Crippen LogP contribution in [0, 0.1) is 0 Å². The highest BCUT2D eigenvalue weighted by atomic mass is 35.5. The molecule has 1 unspecified atom stereocenters. The summed E-state index contributed by atoms with van der Waals surface area (Å²) in [5, 5.41) is 7.56. The van der Waals surface area contributed by atoms with Gasteiger partial charge >= 0.3 is 0 Å². The highest BCUT2D eigenvalue weighted by molar-refractivity contribution is 6.20. The number of methoxy groups -OCH3 is 1. The first kappa shape index (κ1) is 11.9. The molecule has 0 amide bonds. The fourth-order valence-corrected chi connectivity index (χ4v) is 1.60. The molecule has 0 saturated carbocycles. The Morgan fingerprint density at radius 2 is 2.12 bits per heavy atom. The van der Waals surface area contributed by atoms with Crippen LogP contribution in [0.4, 0.5) is 0 Å². The van der Waals surface area contributed by atoms with Gasteiger partial charge in [0.25, 0.3) is 0 Å². The molecular formula is C12H13ClN2O2. The van der Waals surface area contributed by atoms with Crippen molar-refractivity contribution in [1.82, 2.24) is 10.2 Å². The van der Waals surface area contributed by atoms with Crippen LogP contribution < -0.4 is 4.74 Å². The predicted molar refractivity (Wildman–Crippen MR) is 64.4 cm³/mol. The van der Waals surface area contributed by atoms with Gasteiger partial charge in [-0.3, -0.25) is 0 Å². The fraction of sp³-hybridized carbons (Fsp3) is 0.333. The first-order chi connectivity index (χ1) is 8.20. The van der Waals surface area contributed by atoms with Crippen molar-refractivity contribution < 1.29 is 9.15 Å². The van der Waals surface area contributed by atoms with Crippen LogP contribution in [-0.2, 0) is 6.42 Å². The van der Waals surface area contributed by atoms with Crippen molar-refractivity contribution in [2.45, 2.75) is 18.7 Å². The molecule has 0 spiro atoms. The minimum Gasteiger partial charge on any atom is -0.496 e. The molecule has 90 valence electrons. The number of rotatable bonds is 4. The first-order valence-corrected chi connectivity index (χ1v) is 5.72. The number of alkyl halides is 1.